The number of carbonyl (C=O) groups excluding carboxylic acids is 1. The zero-order valence-electron chi connectivity index (χ0n) is 16.0. The van der Waals surface area contributed by atoms with Gasteiger partial charge in [-0.2, -0.15) is 5.26 Å². The molecule has 2 fully saturated rings. The van der Waals surface area contributed by atoms with Crippen molar-refractivity contribution in [1.82, 2.24) is 9.80 Å². The molecule has 2 aliphatic heterocycles. The molecule has 0 spiro atoms. The van der Waals surface area contributed by atoms with Crippen LogP contribution in [0, 0.1) is 17.2 Å². The maximum atomic E-state index is 12.9. The van der Waals surface area contributed by atoms with Crippen molar-refractivity contribution >= 4 is 11.6 Å². The lowest BCUT2D eigenvalue weighted by molar-refractivity contribution is -0.138. The van der Waals surface area contributed by atoms with E-state index in [-0.39, 0.29) is 5.92 Å². The van der Waals surface area contributed by atoms with Gasteiger partial charge in [0.05, 0.1) is 11.6 Å². The second-order valence-electron chi connectivity index (χ2n) is 7.54. The first-order valence-corrected chi connectivity index (χ1v) is 9.90. The van der Waals surface area contributed by atoms with Gasteiger partial charge in [0.25, 0.3) is 0 Å². The Kier molecular flexibility index (Phi) is 6.16. The van der Waals surface area contributed by atoms with Gasteiger partial charge in [-0.3, -0.25) is 9.69 Å². The highest BCUT2D eigenvalue weighted by Gasteiger charge is 2.31. The summed E-state index contributed by atoms with van der Waals surface area (Å²) in [4.78, 5) is 19.8. The van der Waals surface area contributed by atoms with E-state index in [1.165, 1.54) is 6.42 Å². The van der Waals surface area contributed by atoms with Gasteiger partial charge in [0.15, 0.2) is 0 Å². The number of nitrogens with zero attached hydrogens (tertiary/aromatic N) is 4. The van der Waals surface area contributed by atoms with E-state index in [1.54, 1.807) is 0 Å². The molecule has 0 aromatic heterocycles. The van der Waals surface area contributed by atoms with Crippen molar-refractivity contribution in [3.8, 4) is 6.07 Å². The first kappa shape index (κ1) is 18.7. The second kappa shape index (κ2) is 8.55. The van der Waals surface area contributed by atoms with Gasteiger partial charge in [0, 0.05) is 56.9 Å². The molecule has 0 unspecified atom stereocenters. The number of benzene rings is 1. The molecule has 5 nitrogen and oxygen atoms in total. The summed E-state index contributed by atoms with van der Waals surface area (Å²) in [6.45, 7) is 10.1. The lowest BCUT2D eigenvalue weighted by Crippen LogP contribution is -2.53. The zero-order chi connectivity index (χ0) is 18.5. The summed E-state index contributed by atoms with van der Waals surface area (Å²) < 4.78 is 0. The number of hydrogen-bond acceptors (Lipinski definition) is 4. The highest BCUT2D eigenvalue weighted by Crippen LogP contribution is 2.25. The van der Waals surface area contributed by atoms with Crippen LogP contribution in [0.25, 0.3) is 0 Å². The van der Waals surface area contributed by atoms with E-state index in [1.807, 2.05) is 24.3 Å². The van der Waals surface area contributed by atoms with Crippen molar-refractivity contribution in [2.24, 2.45) is 5.92 Å². The molecule has 2 aliphatic rings. The third kappa shape index (κ3) is 4.19. The maximum absolute atomic E-state index is 12.9. The van der Waals surface area contributed by atoms with Crippen molar-refractivity contribution in [2.75, 3.05) is 44.2 Å². The lowest BCUT2D eigenvalue weighted by atomic mass is 9.94. The van der Waals surface area contributed by atoms with Gasteiger partial charge in [-0.15, -0.1) is 0 Å². The van der Waals surface area contributed by atoms with Crippen molar-refractivity contribution < 1.29 is 4.79 Å². The molecular weight excluding hydrogens is 324 g/mol. The van der Waals surface area contributed by atoms with E-state index in [9.17, 15) is 4.79 Å². The Labute approximate surface area is 157 Å². The monoisotopic (exact) mass is 354 g/mol. The standard InChI is InChI=1S/C21H30N4O/c1-3-17(2)23-12-14-25(15-13-23)21(26)19-8-10-24(11-9-19)20-6-4-18(16-22)5-7-20/h4-7,17,19H,3,8-15H2,1-2H3/t17-/m0/s1. The van der Waals surface area contributed by atoms with Crippen LogP contribution in [-0.4, -0.2) is 61.0 Å². The summed E-state index contributed by atoms with van der Waals surface area (Å²) in [5.74, 6) is 0.521. The Morgan fingerprint density at radius 2 is 1.73 bits per heavy atom. The average molecular weight is 354 g/mol. The Morgan fingerprint density at radius 3 is 2.27 bits per heavy atom. The SMILES string of the molecule is CC[C@H](C)N1CCN(C(=O)C2CCN(c3ccc(C#N)cc3)CC2)CC1. The molecular formula is C21H30N4O. The van der Waals surface area contributed by atoms with Crippen LogP contribution in [0.4, 0.5) is 5.69 Å². The summed E-state index contributed by atoms with van der Waals surface area (Å²) in [5, 5.41) is 8.91. The van der Waals surface area contributed by atoms with Crippen LogP contribution in [0.3, 0.4) is 0 Å². The van der Waals surface area contributed by atoms with Gasteiger partial charge in [-0.25, -0.2) is 0 Å². The van der Waals surface area contributed by atoms with Gasteiger partial charge < -0.3 is 9.80 Å². The Balaban J connectivity index is 1.48. The first-order valence-electron chi connectivity index (χ1n) is 9.90. The molecule has 5 heteroatoms. The molecule has 2 saturated heterocycles. The number of piperidine rings is 1. The number of hydrogen-bond donors (Lipinski definition) is 0. The van der Waals surface area contributed by atoms with Crippen molar-refractivity contribution in [3.63, 3.8) is 0 Å². The van der Waals surface area contributed by atoms with Gasteiger partial charge in [-0.1, -0.05) is 6.92 Å². The van der Waals surface area contributed by atoms with Crippen LogP contribution in [0.1, 0.15) is 38.7 Å². The molecule has 1 amide bonds. The van der Waals surface area contributed by atoms with E-state index in [0.717, 1.165) is 57.8 Å². The summed E-state index contributed by atoms with van der Waals surface area (Å²) in [7, 11) is 0. The Bertz CT molecular complexity index is 635. The molecule has 0 aliphatic carbocycles. The van der Waals surface area contributed by atoms with Crippen molar-refractivity contribution in [1.29, 1.82) is 5.26 Å². The van der Waals surface area contributed by atoms with Crippen molar-refractivity contribution in [3.05, 3.63) is 29.8 Å². The van der Waals surface area contributed by atoms with Gasteiger partial charge >= 0.3 is 0 Å². The summed E-state index contributed by atoms with van der Waals surface area (Å²) in [6, 6.07) is 10.5. The predicted molar refractivity (Wildman–Crippen MR) is 104 cm³/mol. The Morgan fingerprint density at radius 1 is 1.12 bits per heavy atom. The molecule has 0 bridgehead atoms. The van der Waals surface area contributed by atoms with E-state index in [4.69, 9.17) is 5.26 Å². The van der Waals surface area contributed by atoms with E-state index >= 15 is 0 Å². The van der Waals surface area contributed by atoms with E-state index in [0.29, 0.717) is 17.5 Å². The minimum Gasteiger partial charge on any atom is -0.371 e. The van der Waals surface area contributed by atoms with E-state index in [2.05, 4.69) is 34.6 Å². The summed E-state index contributed by atoms with van der Waals surface area (Å²) in [5.41, 5.74) is 1.84. The fraction of sp³-hybridized carbons (Fsp3) is 0.619. The highest BCUT2D eigenvalue weighted by molar-refractivity contribution is 5.79. The van der Waals surface area contributed by atoms with Gasteiger partial charge in [0.2, 0.25) is 5.91 Å². The third-order valence-electron chi connectivity index (χ3n) is 6.05. The molecule has 1 aromatic carbocycles. The number of piperazine rings is 1. The van der Waals surface area contributed by atoms with Crippen LogP contribution < -0.4 is 4.90 Å². The molecule has 3 rings (SSSR count). The van der Waals surface area contributed by atoms with Crippen LogP contribution in [0.2, 0.25) is 0 Å². The van der Waals surface area contributed by atoms with E-state index < -0.39 is 0 Å². The molecule has 0 N–H and O–H groups in total. The largest absolute Gasteiger partial charge is 0.371 e. The number of anilines is 1. The lowest BCUT2D eigenvalue weighted by Gasteiger charge is -2.40. The molecule has 1 atom stereocenters. The van der Waals surface area contributed by atoms with Crippen LogP contribution in [0.5, 0.6) is 0 Å². The molecule has 2 heterocycles. The van der Waals surface area contributed by atoms with Crippen LogP contribution in [-0.2, 0) is 4.79 Å². The summed E-state index contributed by atoms with van der Waals surface area (Å²) in [6.07, 6.45) is 3.01. The zero-order valence-corrected chi connectivity index (χ0v) is 16.0. The minimum atomic E-state index is 0.166. The Hall–Kier alpha value is -2.06. The predicted octanol–water partition coefficient (Wildman–Crippen LogP) is 2.72. The van der Waals surface area contributed by atoms with Crippen LogP contribution >= 0.6 is 0 Å². The number of rotatable bonds is 4. The van der Waals surface area contributed by atoms with Crippen LogP contribution in [0.15, 0.2) is 24.3 Å². The number of amides is 1. The van der Waals surface area contributed by atoms with Crippen molar-refractivity contribution in [2.45, 2.75) is 39.2 Å². The summed E-state index contributed by atoms with van der Waals surface area (Å²) >= 11 is 0. The normalized spacial score (nSPS) is 20.7. The minimum absolute atomic E-state index is 0.166. The maximum Gasteiger partial charge on any atom is 0.225 e. The smallest absolute Gasteiger partial charge is 0.225 e. The molecule has 1 aromatic rings. The van der Waals surface area contributed by atoms with Gasteiger partial charge in [-0.05, 0) is 50.5 Å². The molecule has 0 saturated carbocycles. The average Bonchev–Trinajstić information content (AvgIpc) is 2.73. The molecule has 26 heavy (non-hydrogen) atoms. The number of carbonyl (C=O) groups is 1. The second-order valence-corrected chi connectivity index (χ2v) is 7.54. The quantitative estimate of drug-likeness (QED) is 0.834. The topological polar surface area (TPSA) is 50.6 Å². The fourth-order valence-corrected chi connectivity index (χ4v) is 4.03. The number of nitriles is 1. The molecule has 0 radical (unpaired) electrons. The fourth-order valence-electron chi connectivity index (χ4n) is 4.03. The first-order chi connectivity index (χ1) is 12.6. The third-order valence-corrected chi connectivity index (χ3v) is 6.05. The highest BCUT2D eigenvalue weighted by atomic mass is 16.2. The molecule has 140 valence electrons. The van der Waals surface area contributed by atoms with Gasteiger partial charge in [0.1, 0.15) is 0 Å².